The lowest BCUT2D eigenvalue weighted by atomic mass is 10.2. The fourth-order valence-electron chi connectivity index (χ4n) is 1.91. The van der Waals surface area contributed by atoms with Crippen LogP contribution >= 0.6 is 0 Å². The molecule has 1 aliphatic rings. The van der Waals surface area contributed by atoms with Crippen LogP contribution in [0.15, 0.2) is 22.7 Å². The summed E-state index contributed by atoms with van der Waals surface area (Å²) in [4.78, 5) is 15.3. The number of benzene rings is 1. The van der Waals surface area contributed by atoms with Gasteiger partial charge in [-0.1, -0.05) is 11.2 Å². The average Bonchev–Trinajstić information content (AvgIpc) is 3.23. The molecule has 6 heteroatoms. The molecular weight excluding hydrogens is 260 g/mol. The van der Waals surface area contributed by atoms with Gasteiger partial charge in [-0.05, 0) is 25.0 Å². The van der Waals surface area contributed by atoms with E-state index in [0.29, 0.717) is 28.9 Å². The lowest BCUT2D eigenvalue weighted by Crippen LogP contribution is -2.01. The summed E-state index contributed by atoms with van der Waals surface area (Å²) in [5, 5.41) is 3.91. The predicted octanol–water partition coefficient (Wildman–Crippen LogP) is 2.35. The second-order valence-corrected chi connectivity index (χ2v) is 4.61. The van der Waals surface area contributed by atoms with E-state index in [4.69, 9.17) is 14.0 Å². The normalized spacial score (nSPS) is 14.1. The van der Waals surface area contributed by atoms with E-state index in [2.05, 4.69) is 10.1 Å². The molecule has 1 fully saturated rings. The van der Waals surface area contributed by atoms with Crippen molar-refractivity contribution in [2.45, 2.75) is 25.4 Å². The summed E-state index contributed by atoms with van der Waals surface area (Å²) in [7, 11) is 1.52. The third kappa shape index (κ3) is 2.49. The van der Waals surface area contributed by atoms with Crippen LogP contribution in [0, 0.1) is 0 Å². The number of nitrogens with zero attached hydrogens (tertiary/aromatic N) is 2. The van der Waals surface area contributed by atoms with Gasteiger partial charge >= 0.3 is 0 Å². The molecule has 0 N–H and O–H groups in total. The van der Waals surface area contributed by atoms with E-state index in [1.54, 1.807) is 18.2 Å². The minimum absolute atomic E-state index is 0.112. The van der Waals surface area contributed by atoms with E-state index in [0.717, 1.165) is 25.0 Å². The van der Waals surface area contributed by atoms with Crippen molar-refractivity contribution in [1.29, 1.82) is 0 Å². The van der Waals surface area contributed by atoms with Crippen molar-refractivity contribution < 1.29 is 18.8 Å². The minimum atomic E-state index is 0.112. The van der Waals surface area contributed by atoms with Gasteiger partial charge in [-0.2, -0.15) is 4.98 Å². The quantitative estimate of drug-likeness (QED) is 0.753. The summed E-state index contributed by atoms with van der Waals surface area (Å²) in [6, 6.07) is 5.12. The van der Waals surface area contributed by atoms with Crippen LogP contribution in [0.3, 0.4) is 0 Å². The van der Waals surface area contributed by atoms with Crippen LogP contribution in [-0.2, 0) is 6.61 Å². The zero-order chi connectivity index (χ0) is 13.9. The Morgan fingerprint density at radius 3 is 3.00 bits per heavy atom. The number of hydrogen-bond donors (Lipinski definition) is 0. The molecule has 1 saturated carbocycles. The number of para-hydroxylation sites is 1. The first-order valence-electron chi connectivity index (χ1n) is 6.39. The average molecular weight is 274 g/mol. The molecule has 104 valence electrons. The van der Waals surface area contributed by atoms with Gasteiger partial charge in [0.05, 0.1) is 12.7 Å². The SMILES string of the molecule is COc1cccc(C=O)c1OCc1nc(C2CC2)no1. The Hall–Kier alpha value is -2.37. The second-order valence-electron chi connectivity index (χ2n) is 4.61. The van der Waals surface area contributed by atoms with Crippen LogP contribution in [-0.4, -0.2) is 23.5 Å². The van der Waals surface area contributed by atoms with Crippen LogP contribution < -0.4 is 9.47 Å². The number of carbonyl (C=O) groups excluding carboxylic acids is 1. The highest BCUT2D eigenvalue weighted by molar-refractivity contribution is 5.81. The number of ether oxygens (including phenoxy) is 2. The predicted molar refractivity (Wildman–Crippen MR) is 69.0 cm³/mol. The van der Waals surface area contributed by atoms with Gasteiger partial charge in [0.15, 0.2) is 30.2 Å². The van der Waals surface area contributed by atoms with Gasteiger partial charge in [-0.25, -0.2) is 0 Å². The van der Waals surface area contributed by atoms with Crippen LogP contribution in [0.1, 0.15) is 40.8 Å². The molecule has 1 aromatic heterocycles. The smallest absolute Gasteiger partial charge is 0.264 e. The molecule has 1 aromatic carbocycles. The summed E-state index contributed by atoms with van der Waals surface area (Å²) in [6.07, 6.45) is 2.95. The maximum atomic E-state index is 11.0. The Bertz CT molecular complexity index is 619. The highest BCUT2D eigenvalue weighted by Gasteiger charge is 2.28. The first kappa shape index (κ1) is 12.7. The van der Waals surface area contributed by atoms with Gasteiger partial charge in [0, 0.05) is 5.92 Å². The van der Waals surface area contributed by atoms with Gasteiger partial charge < -0.3 is 14.0 Å². The number of methoxy groups -OCH3 is 1. The zero-order valence-electron chi connectivity index (χ0n) is 11.0. The topological polar surface area (TPSA) is 74.5 Å². The number of hydrogen-bond acceptors (Lipinski definition) is 6. The Balaban J connectivity index is 1.74. The summed E-state index contributed by atoms with van der Waals surface area (Å²) in [6.45, 7) is 0.112. The summed E-state index contributed by atoms with van der Waals surface area (Å²) in [5.41, 5.74) is 0.422. The molecule has 0 radical (unpaired) electrons. The third-order valence-corrected chi connectivity index (χ3v) is 3.12. The fraction of sp³-hybridized carbons (Fsp3) is 0.357. The van der Waals surface area contributed by atoms with Gasteiger partial charge in [-0.15, -0.1) is 0 Å². The van der Waals surface area contributed by atoms with E-state index in [1.165, 1.54) is 7.11 Å². The van der Waals surface area contributed by atoms with Gasteiger partial charge in [0.25, 0.3) is 5.89 Å². The van der Waals surface area contributed by atoms with Crippen molar-refractivity contribution in [3.05, 3.63) is 35.5 Å². The maximum absolute atomic E-state index is 11.0. The number of rotatable bonds is 6. The number of aldehydes is 1. The molecular formula is C14H14N2O4. The van der Waals surface area contributed by atoms with Gasteiger partial charge in [0.1, 0.15) is 0 Å². The van der Waals surface area contributed by atoms with E-state index >= 15 is 0 Å². The van der Waals surface area contributed by atoms with E-state index in [1.807, 2.05) is 0 Å². The second kappa shape index (κ2) is 5.32. The lowest BCUT2D eigenvalue weighted by molar-refractivity contribution is 0.111. The molecule has 0 aliphatic heterocycles. The molecule has 20 heavy (non-hydrogen) atoms. The monoisotopic (exact) mass is 274 g/mol. The van der Waals surface area contributed by atoms with E-state index in [9.17, 15) is 4.79 Å². The summed E-state index contributed by atoms with van der Waals surface area (Å²) in [5.74, 6) is 2.45. The van der Waals surface area contributed by atoms with Gasteiger partial charge in [0.2, 0.25) is 0 Å². The molecule has 2 aromatic rings. The van der Waals surface area contributed by atoms with Crippen molar-refractivity contribution in [2.75, 3.05) is 7.11 Å². The van der Waals surface area contributed by atoms with Crippen molar-refractivity contribution in [3.8, 4) is 11.5 Å². The first-order chi connectivity index (χ1) is 9.81. The van der Waals surface area contributed by atoms with Gasteiger partial charge in [-0.3, -0.25) is 4.79 Å². The number of aromatic nitrogens is 2. The fourth-order valence-corrected chi connectivity index (χ4v) is 1.91. The Labute approximate surface area is 115 Å². The minimum Gasteiger partial charge on any atom is -0.493 e. The Morgan fingerprint density at radius 2 is 2.30 bits per heavy atom. The summed E-state index contributed by atoms with van der Waals surface area (Å²) < 4.78 is 15.9. The van der Waals surface area contributed by atoms with Crippen molar-refractivity contribution in [1.82, 2.24) is 10.1 Å². The molecule has 0 bridgehead atoms. The Morgan fingerprint density at radius 1 is 1.45 bits per heavy atom. The third-order valence-electron chi connectivity index (χ3n) is 3.12. The maximum Gasteiger partial charge on any atom is 0.264 e. The van der Waals surface area contributed by atoms with Crippen LogP contribution in [0.5, 0.6) is 11.5 Å². The lowest BCUT2D eigenvalue weighted by Gasteiger charge is -2.10. The molecule has 1 heterocycles. The molecule has 0 spiro atoms. The van der Waals surface area contributed by atoms with Crippen molar-refractivity contribution in [3.63, 3.8) is 0 Å². The van der Waals surface area contributed by atoms with Crippen molar-refractivity contribution >= 4 is 6.29 Å². The molecule has 0 amide bonds. The van der Waals surface area contributed by atoms with Crippen molar-refractivity contribution in [2.24, 2.45) is 0 Å². The molecule has 0 saturated heterocycles. The van der Waals surface area contributed by atoms with Crippen LogP contribution in [0.2, 0.25) is 0 Å². The zero-order valence-corrected chi connectivity index (χ0v) is 11.0. The molecule has 0 unspecified atom stereocenters. The van der Waals surface area contributed by atoms with E-state index < -0.39 is 0 Å². The molecule has 1 aliphatic carbocycles. The molecule has 3 rings (SSSR count). The van der Waals surface area contributed by atoms with Crippen LogP contribution in [0.25, 0.3) is 0 Å². The largest absolute Gasteiger partial charge is 0.493 e. The van der Waals surface area contributed by atoms with E-state index in [-0.39, 0.29) is 6.61 Å². The summed E-state index contributed by atoms with van der Waals surface area (Å²) >= 11 is 0. The molecule has 0 atom stereocenters. The standard InChI is InChI=1S/C14H14N2O4/c1-18-11-4-2-3-10(7-17)13(11)19-8-12-15-14(16-20-12)9-5-6-9/h2-4,7,9H,5-6,8H2,1H3. The highest BCUT2D eigenvalue weighted by atomic mass is 16.5. The highest BCUT2D eigenvalue weighted by Crippen LogP contribution is 2.38. The number of carbonyl (C=O) groups is 1. The molecule has 6 nitrogen and oxygen atoms in total. The van der Waals surface area contributed by atoms with Crippen LogP contribution in [0.4, 0.5) is 0 Å². The first-order valence-corrected chi connectivity index (χ1v) is 6.39. The Kier molecular flexibility index (Phi) is 3.37.